The molecular formula is C18H14O6. The first kappa shape index (κ1) is 17.0. The summed E-state index contributed by atoms with van der Waals surface area (Å²) in [4.78, 5) is 34.6. The average Bonchev–Trinajstić information content (AvgIpc) is 2.60. The number of carbonyl (C=O) groups is 3. The van der Waals surface area contributed by atoms with Gasteiger partial charge in [0.15, 0.2) is 12.4 Å². The SMILES string of the molecule is C=CC(=O)OCC(=O)Oc1ccc(C(=O)c2ccccc2)c(O)c1. The summed E-state index contributed by atoms with van der Waals surface area (Å²) in [7, 11) is 0. The summed E-state index contributed by atoms with van der Waals surface area (Å²) in [5.41, 5.74) is 0.507. The van der Waals surface area contributed by atoms with Gasteiger partial charge in [-0.3, -0.25) is 4.79 Å². The lowest BCUT2D eigenvalue weighted by molar-refractivity contribution is -0.150. The van der Waals surface area contributed by atoms with Crippen molar-refractivity contribution in [3.8, 4) is 11.5 Å². The van der Waals surface area contributed by atoms with Crippen LogP contribution in [-0.2, 0) is 14.3 Å². The molecule has 0 amide bonds. The number of esters is 2. The third-order valence-electron chi connectivity index (χ3n) is 2.98. The normalized spacial score (nSPS) is 9.83. The summed E-state index contributed by atoms with van der Waals surface area (Å²) in [6.07, 6.45) is 0.920. The Hall–Kier alpha value is -3.41. The van der Waals surface area contributed by atoms with Gasteiger partial charge < -0.3 is 14.6 Å². The average molecular weight is 326 g/mol. The molecule has 2 aromatic carbocycles. The van der Waals surface area contributed by atoms with Crippen LogP contribution >= 0.6 is 0 Å². The van der Waals surface area contributed by atoms with Crippen LogP contribution in [0.3, 0.4) is 0 Å². The number of ether oxygens (including phenoxy) is 2. The van der Waals surface area contributed by atoms with Crippen molar-refractivity contribution in [3.63, 3.8) is 0 Å². The smallest absolute Gasteiger partial charge is 0.349 e. The number of hydrogen-bond donors (Lipinski definition) is 1. The lowest BCUT2D eigenvalue weighted by atomic mass is 10.0. The third kappa shape index (κ3) is 4.30. The Balaban J connectivity index is 2.07. The molecule has 24 heavy (non-hydrogen) atoms. The van der Waals surface area contributed by atoms with E-state index in [1.54, 1.807) is 30.3 Å². The summed E-state index contributed by atoms with van der Waals surface area (Å²) in [6, 6.07) is 12.3. The molecule has 0 saturated carbocycles. The molecule has 122 valence electrons. The number of benzene rings is 2. The summed E-state index contributed by atoms with van der Waals surface area (Å²) in [6.45, 7) is 2.61. The minimum Gasteiger partial charge on any atom is -0.507 e. The minimum atomic E-state index is -0.827. The van der Waals surface area contributed by atoms with Gasteiger partial charge in [-0.1, -0.05) is 36.9 Å². The van der Waals surface area contributed by atoms with Crippen molar-refractivity contribution >= 4 is 17.7 Å². The molecule has 0 unspecified atom stereocenters. The highest BCUT2D eigenvalue weighted by molar-refractivity contribution is 6.10. The molecule has 2 rings (SSSR count). The van der Waals surface area contributed by atoms with Crippen LogP contribution in [-0.4, -0.2) is 29.4 Å². The standard InChI is InChI=1S/C18H14O6/c1-2-16(20)23-11-17(21)24-13-8-9-14(15(19)10-13)18(22)12-6-4-3-5-7-12/h2-10,19H,1,11H2. The van der Waals surface area contributed by atoms with E-state index in [2.05, 4.69) is 11.3 Å². The summed E-state index contributed by atoms with van der Waals surface area (Å²) < 4.78 is 9.44. The number of phenolic OH excluding ortho intramolecular Hbond substituents is 1. The second-order valence-electron chi connectivity index (χ2n) is 4.66. The van der Waals surface area contributed by atoms with Crippen LogP contribution in [0.25, 0.3) is 0 Å². The largest absolute Gasteiger partial charge is 0.507 e. The molecule has 0 radical (unpaired) electrons. The zero-order chi connectivity index (χ0) is 17.5. The van der Waals surface area contributed by atoms with Crippen molar-refractivity contribution in [2.24, 2.45) is 0 Å². The lowest BCUT2D eigenvalue weighted by Gasteiger charge is -2.08. The van der Waals surface area contributed by atoms with Gasteiger partial charge in [0.05, 0.1) is 5.56 Å². The molecule has 6 heteroatoms. The van der Waals surface area contributed by atoms with E-state index >= 15 is 0 Å². The Kier molecular flexibility index (Phi) is 5.46. The maximum atomic E-state index is 12.3. The van der Waals surface area contributed by atoms with Crippen LogP contribution in [0.5, 0.6) is 11.5 Å². The monoisotopic (exact) mass is 326 g/mol. The van der Waals surface area contributed by atoms with E-state index in [4.69, 9.17) is 4.74 Å². The highest BCUT2D eigenvalue weighted by Crippen LogP contribution is 2.26. The first-order valence-electron chi connectivity index (χ1n) is 6.94. The Labute approximate surface area is 137 Å². The van der Waals surface area contributed by atoms with Gasteiger partial charge in [-0.05, 0) is 12.1 Å². The van der Waals surface area contributed by atoms with Gasteiger partial charge in [-0.25, -0.2) is 9.59 Å². The van der Waals surface area contributed by atoms with Gasteiger partial charge in [0.2, 0.25) is 0 Å². The fourth-order valence-corrected chi connectivity index (χ4v) is 1.86. The van der Waals surface area contributed by atoms with Crippen molar-refractivity contribution in [1.29, 1.82) is 0 Å². The van der Waals surface area contributed by atoms with E-state index < -0.39 is 18.5 Å². The number of ketones is 1. The molecule has 0 aliphatic rings. The van der Waals surface area contributed by atoms with Gasteiger partial charge >= 0.3 is 11.9 Å². The zero-order valence-corrected chi connectivity index (χ0v) is 12.6. The van der Waals surface area contributed by atoms with Crippen LogP contribution in [0.4, 0.5) is 0 Å². The molecule has 0 aliphatic heterocycles. The Morgan fingerprint density at radius 1 is 1.08 bits per heavy atom. The highest BCUT2D eigenvalue weighted by Gasteiger charge is 2.15. The first-order valence-corrected chi connectivity index (χ1v) is 6.94. The van der Waals surface area contributed by atoms with E-state index in [1.807, 2.05) is 0 Å². The quantitative estimate of drug-likeness (QED) is 0.379. The maximum absolute atomic E-state index is 12.3. The van der Waals surface area contributed by atoms with Crippen molar-refractivity contribution in [2.45, 2.75) is 0 Å². The van der Waals surface area contributed by atoms with Crippen molar-refractivity contribution in [1.82, 2.24) is 0 Å². The predicted octanol–water partition coefficient (Wildman–Crippen LogP) is 2.26. The van der Waals surface area contributed by atoms with Crippen molar-refractivity contribution in [2.75, 3.05) is 6.61 Å². The summed E-state index contributed by atoms with van der Waals surface area (Å²) >= 11 is 0. The van der Waals surface area contributed by atoms with Gasteiger partial charge in [0, 0.05) is 17.7 Å². The second kappa shape index (κ2) is 7.73. The van der Waals surface area contributed by atoms with Crippen molar-refractivity contribution < 1.29 is 29.0 Å². The van der Waals surface area contributed by atoms with E-state index in [9.17, 15) is 19.5 Å². The van der Waals surface area contributed by atoms with Gasteiger partial charge in [-0.2, -0.15) is 0 Å². The highest BCUT2D eigenvalue weighted by atomic mass is 16.6. The summed E-state index contributed by atoms with van der Waals surface area (Å²) in [5.74, 6) is -2.23. The second-order valence-corrected chi connectivity index (χ2v) is 4.66. The number of carbonyl (C=O) groups excluding carboxylic acids is 3. The Morgan fingerprint density at radius 2 is 1.79 bits per heavy atom. The zero-order valence-electron chi connectivity index (χ0n) is 12.6. The van der Waals surface area contributed by atoms with Crippen LogP contribution in [0, 0.1) is 0 Å². The van der Waals surface area contributed by atoms with Gasteiger partial charge in [-0.15, -0.1) is 0 Å². The third-order valence-corrected chi connectivity index (χ3v) is 2.98. The Morgan fingerprint density at radius 3 is 2.42 bits per heavy atom. The van der Waals surface area contributed by atoms with E-state index in [0.29, 0.717) is 5.56 Å². The molecule has 2 aromatic rings. The molecule has 0 heterocycles. The molecule has 0 spiro atoms. The number of rotatable bonds is 6. The number of phenols is 1. The molecule has 1 N–H and O–H groups in total. The first-order chi connectivity index (χ1) is 11.5. The molecule has 0 aromatic heterocycles. The molecule has 0 aliphatic carbocycles. The van der Waals surface area contributed by atoms with Gasteiger partial charge in [0.25, 0.3) is 0 Å². The van der Waals surface area contributed by atoms with Gasteiger partial charge in [0.1, 0.15) is 11.5 Å². The van der Waals surface area contributed by atoms with Crippen molar-refractivity contribution in [3.05, 3.63) is 72.3 Å². The van der Waals surface area contributed by atoms with Crippen LogP contribution in [0.1, 0.15) is 15.9 Å². The Bertz CT molecular complexity index is 779. The fourth-order valence-electron chi connectivity index (χ4n) is 1.86. The molecule has 0 fully saturated rings. The molecular weight excluding hydrogens is 312 g/mol. The predicted molar refractivity (Wildman–Crippen MR) is 84.8 cm³/mol. The van der Waals surface area contributed by atoms with E-state index in [0.717, 1.165) is 12.1 Å². The topological polar surface area (TPSA) is 89.9 Å². The molecule has 0 atom stereocenters. The molecule has 0 bridgehead atoms. The van der Waals surface area contributed by atoms with Crippen LogP contribution in [0.2, 0.25) is 0 Å². The molecule has 6 nitrogen and oxygen atoms in total. The van der Waals surface area contributed by atoms with E-state index in [-0.39, 0.29) is 22.8 Å². The molecule has 0 saturated heterocycles. The maximum Gasteiger partial charge on any atom is 0.349 e. The van der Waals surface area contributed by atoms with Crippen LogP contribution < -0.4 is 4.74 Å². The van der Waals surface area contributed by atoms with Crippen LogP contribution in [0.15, 0.2) is 61.2 Å². The fraction of sp³-hybridized carbons (Fsp3) is 0.0556. The lowest BCUT2D eigenvalue weighted by Crippen LogP contribution is -2.17. The van der Waals surface area contributed by atoms with E-state index in [1.165, 1.54) is 12.1 Å². The number of aromatic hydroxyl groups is 1. The summed E-state index contributed by atoms with van der Waals surface area (Å²) in [5, 5.41) is 9.98. The minimum absolute atomic E-state index is 0.0248. The number of hydrogen-bond acceptors (Lipinski definition) is 6.